The monoisotopic (exact) mass is 332 g/mol. The molecule has 1 aromatic carbocycles. The molecule has 0 aliphatic heterocycles. The normalized spacial score (nSPS) is 24.1. The van der Waals surface area contributed by atoms with E-state index in [0.717, 1.165) is 23.3 Å². The van der Waals surface area contributed by atoms with E-state index in [0.29, 0.717) is 12.1 Å². The predicted octanol–water partition coefficient (Wildman–Crippen LogP) is 4.11. The van der Waals surface area contributed by atoms with E-state index in [1.165, 1.54) is 44.1 Å². The van der Waals surface area contributed by atoms with Crippen molar-refractivity contribution in [3.05, 3.63) is 29.8 Å². The van der Waals surface area contributed by atoms with Gasteiger partial charge in [-0.1, -0.05) is 31.9 Å². The van der Waals surface area contributed by atoms with Crippen LogP contribution in [0.25, 0.3) is 0 Å². The summed E-state index contributed by atoms with van der Waals surface area (Å²) in [6, 6.07) is 9.50. The fourth-order valence-corrected chi connectivity index (χ4v) is 3.82. The summed E-state index contributed by atoms with van der Waals surface area (Å²) in [6.07, 6.45) is 7.79. The number of ether oxygens (including phenoxy) is 1. The lowest BCUT2D eigenvalue weighted by atomic mass is 9.86. The lowest BCUT2D eigenvalue weighted by Gasteiger charge is -2.34. The third-order valence-corrected chi connectivity index (χ3v) is 5.53. The number of thiocarbonyl (C=S) groups is 1. The maximum atomic E-state index is 5.76. The Hall–Kier alpha value is -1.29. The van der Waals surface area contributed by atoms with Gasteiger partial charge in [0.05, 0.1) is 7.11 Å². The van der Waals surface area contributed by atoms with E-state index in [-0.39, 0.29) is 0 Å². The van der Waals surface area contributed by atoms with Crippen LogP contribution in [-0.4, -0.2) is 29.2 Å². The molecule has 3 nitrogen and oxygen atoms in total. The molecule has 23 heavy (non-hydrogen) atoms. The van der Waals surface area contributed by atoms with E-state index in [1.54, 1.807) is 7.11 Å². The zero-order valence-corrected chi connectivity index (χ0v) is 15.1. The number of nitrogens with zero attached hydrogens (tertiary/aromatic N) is 1. The molecule has 2 saturated carbocycles. The zero-order chi connectivity index (χ0) is 16.2. The predicted molar refractivity (Wildman–Crippen MR) is 98.7 cm³/mol. The van der Waals surface area contributed by atoms with Crippen LogP contribution in [0.3, 0.4) is 0 Å². The first-order valence-corrected chi connectivity index (χ1v) is 9.28. The van der Waals surface area contributed by atoms with Crippen molar-refractivity contribution in [1.82, 2.24) is 10.2 Å². The molecule has 0 spiro atoms. The van der Waals surface area contributed by atoms with E-state index in [9.17, 15) is 0 Å². The van der Waals surface area contributed by atoms with Crippen molar-refractivity contribution in [3.63, 3.8) is 0 Å². The number of hydrogen-bond acceptors (Lipinski definition) is 2. The van der Waals surface area contributed by atoms with Crippen molar-refractivity contribution < 1.29 is 4.74 Å². The van der Waals surface area contributed by atoms with E-state index < -0.39 is 0 Å². The first kappa shape index (κ1) is 16.6. The summed E-state index contributed by atoms with van der Waals surface area (Å²) in [5, 5.41) is 4.61. The molecule has 0 unspecified atom stereocenters. The molecule has 126 valence electrons. The van der Waals surface area contributed by atoms with Crippen molar-refractivity contribution in [2.75, 3.05) is 7.11 Å². The molecular weight excluding hydrogens is 304 g/mol. The highest BCUT2D eigenvalue weighted by Gasteiger charge is 2.32. The van der Waals surface area contributed by atoms with Gasteiger partial charge in [-0.25, -0.2) is 0 Å². The molecule has 0 aromatic heterocycles. The van der Waals surface area contributed by atoms with Crippen LogP contribution in [0.2, 0.25) is 0 Å². The zero-order valence-electron chi connectivity index (χ0n) is 14.3. The van der Waals surface area contributed by atoms with Gasteiger partial charge in [-0.15, -0.1) is 0 Å². The number of benzene rings is 1. The first-order valence-electron chi connectivity index (χ1n) is 8.87. The fraction of sp³-hybridized carbons (Fsp3) is 0.632. The largest absolute Gasteiger partial charge is 0.497 e. The van der Waals surface area contributed by atoms with Crippen molar-refractivity contribution in [3.8, 4) is 5.75 Å². The minimum atomic E-state index is 0.549. The highest BCUT2D eigenvalue weighted by atomic mass is 32.1. The van der Waals surface area contributed by atoms with Crippen LogP contribution >= 0.6 is 12.2 Å². The van der Waals surface area contributed by atoms with Gasteiger partial charge < -0.3 is 15.0 Å². The Labute approximate surface area is 145 Å². The lowest BCUT2D eigenvalue weighted by molar-refractivity contribution is 0.294. The minimum Gasteiger partial charge on any atom is -0.497 e. The van der Waals surface area contributed by atoms with Crippen LogP contribution in [-0.2, 0) is 6.54 Å². The van der Waals surface area contributed by atoms with Crippen molar-refractivity contribution in [2.24, 2.45) is 5.92 Å². The second-order valence-electron chi connectivity index (χ2n) is 7.02. The maximum Gasteiger partial charge on any atom is 0.169 e. The molecule has 0 heterocycles. The van der Waals surface area contributed by atoms with Crippen molar-refractivity contribution in [2.45, 2.75) is 64.1 Å². The summed E-state index contributed by atoms with van der Waals surface area (Å²) < 4.78 is 5.24. The standard InChI is InChI=1S/C19H28N2OS/c1-14-5-3-4-6-18(14)20-19(23)21(16-9-10-16)13-15-7-11-17(22-2)12-8-15/h7-8,11-12,14,16,18H,3-6,9-10,13H2,1-2H3,(H,20,23)/t14-,18+/m0/s1. The van der Waals surface area contributed by atoms with Gasteiger partial charge in [-0.3, -0.25) is 0 Å². The van der Waals surface area contributed by atoms with Crippen LogP contribution in [0, 0.1) is 5.92 Å². The van der Waals surface area contributed by atoms with Crippen molar-refractivity contribution in [1.29, 1.82) is 0 Å². The smallest absolute Gasteiger partial charge is 0.169 e. The highest BCUT2D eigenvalue weighted by molar-refractivity contribution is 7.80. The quantitative estimate of drug-likeness (QED) is 0.820. The Morgan fingerprint density at radius 1 is 1.17 bits per heavy atom. The summed E-state index contributed by atoms with van der Waals surface area (Å²) in [5.74, 6) is 1.63. The summed E-state index contributed by atoms with van der Waals surface area (Å²) in [7, 11) is 1.70. The van der Waals surface area contributed by atoms with Gasteiger partial charge in [0.15, 0.2) is 5.11 Å². The third-order valence-electron chi connectivity index (χ3n) is 5.18. The Morgan fingerprint density at radius 2 is 1.87 bits per heavy atom. The third kappa shape index (κ3) is 4.37. The van der Waals surface area contributed by atoms with Gasteiger partial charge in [0.25, 0.3) is 0 Å². The van der Waals surface area contributed by atoms with Crippen LogP contribution < -0.4 is 10.1 Å². The first-order chi connectivity index (χ1) is 11.2. The number of hydrogen-bond donors (Lipinski definition) is 1. The molecule has 1 N–H and O–H groups in total. The maximum absolute atomic E-state index is 5.76. The minimum absolute atomic E-state index is 0.549. The topological polar surface area (TPSA) is 24.5 Å². The van der Waals surface area contributed by atoms with Crippen LogP contribution in [0.4, 0.5) is 0 Å². The molecule has 1 aromatic rings. The second-order valence-corrected chi connectivity index (χ2v) is 7.41. The highest BCUT2D eigenvalue weighted by Crippen LogP contribution is 2.30. The Bertz CT molecular complexity index is 527. The van der Waals surface area contributed by atoms with Crippen LogP contribution in [0.1, 0.15) is 51.0 Å². The molecular formula is C19H28N2OS. The number of nitrogens with one attached hydrogen (secondary N) is 1. The van der Waals surface area contributed by atoms with E-state index in [4.69, 9.17) is 17.0 Å². The lowest BCUT2D eigenvalue weighted by Crippen LogP contribution is -2.48. The Balaban J connectivity index is 1.62. The van der Waals surface area contributed by atoms with Gasteiger partial charge in [-0.05, 0) is 61.5 Å². The molecule has 4 heteroatoms. The molecule has 2 fully saturated rings. The summed E-state index contributed by atoms with van der Waals surface area (Å²) in [5.41, 5.74) is 1.29. The average molecular weight is 333 g/mol. The molecule has 2 atom stereocenters. The van der Waals surface area contributed by atoms with Crippen LogP contribution in [0.5, 0.6) is 5.75 Å². The van der Waals surface area contributed by atoms with Gasteiger partial charge in [0.2, 0.25) is 0 Å². The molecule has 0 radical (unpaired) electrons. The molecule has 0 bridgehead atoms. The van der Waals surface area contributed by atoms with Gasteiger partial charge >= 0.3 is 0 Å². The summed E-state index contributed by atoms with van der Waals surface area (Å²) in [6.45, 7) is 3.24. The van der Waals surface area contributed by atoms with E-state index >= 15 is 0 Å². The van der Waals surface area contributed by atoms with Crippen LogP contribution in [0.15, 0.2) is 24.3 Å². The fourth-order valence-electron chi connectivity index (χ4n) is 3.45. The number of methoxy groups -OCH3 is 1. The Kier molecular flexibility index (Phi) is 5.42. The van der Waals surface area contributed by atoms with Gasteiger partial charge in [0.1, 0.15) is 5.75 Å². The van der Waals surface area contributed by atoms with E-state index in [2.05, 4.69) is 29.3 Å². The SMILES string of the molecule is COc1ccc(CN(C(=S)N[C@@H]2CCCC[C@@H]2C)C2CC2)cc1. The number of rotatable bonds is 5. The molecule has 2 aliphatic carbocycles. The van der Waals surface area contributed by atoms with Crippen molar-refractivity contribution >= 4 is 17.3 Å². The van der Waals surface area contributed by atoms with Gasteiger partial charge in [0, 0.05) is 18.6 Å². The summed E-state index contributed by atoms with van der Waals surface area (Å²) in [4.78, 5) is 2.39. The van der Waals surface area contributed by atoms with Gasteiger partial charge in [-0.2, -0.15) is 0 Å². The van der Waals surface area contributed by atoms with E-state index in [1.807, 2.05) is 12.1 Å². The molecule has 0 amide bonds. The molecule has 3 rings (SSSR count). The molecule has 2 aliphatic rings. The molecule has 0 saturated heterocycles. The second kappa shape index (κ2) is 7.52. The Morgan fingerprint density at radius 3 is 2.48 bits per heavy atom. The average Bonchev–Trinajstić information content (AvgIpc) is 3.40. The summed E-state index contributed by atoms with van der Waals surface area (Å²) >= 11 is 5.76.